The number of halogens is 2. The molecule has 3 nitrogen and oxygen atoms in total. The quantitative estimate of drug-likeness (QED) is 0.848. The molecule has 1 unspecified atom stereocenters. The van der Waals surface area contributed by atoms with Gasteiger partial charge in [0.15, 0.2) is 0 Å². The monoisotopic (exact) mass is 360 g/mol. The van der Waals surface area contributed by atoms with Gasteiger partial charge in [0.05, 0.1) is 0 Å². The van der Waals surface area contributed by atoms with E-state index in [9.17, 15) is 4.79 Å². The summed E-state index contributed by atoms with van der Waals surface area (Å²) in [6.07, 6.45) is 2.58. The number of hydrogen-bond acceptors (Lipinski definition) is 2. The number of rotatable bonds is 2. The fourth-order valence-electron chi connectivity index (χ4n) is 1.93. The molecule has 5 heteroatoms. The van der Waals surface area contributed by atoms with Gasteiger partial charge >= 0.3 is 0 Å². The first kappa shape index (κ1) is 12.9. The first-order valence-corrected chi connectivity index (χ1v) is 7.22. The molecule has 0 saturated carbocycles. The first-order chi connectivity index (χ1) is 8.15. The molecule has 0 radical (unpaired) electrons. The SMILES string of the molecule is O=C1CC(Nc2cc(Br)ccc2Br)CCCN1. The van der Waals surface area contributed by atoms with E-state index in [4.69, 9.17) is 0 Å². The van der Waals surface area contributed by atoms with E-state index in [0.29, 0.717) is 6.42 Å². The number of amides is 1. The summed E-state index contributed by atoms with van der Waals surface area (Å²) in [6.45, 7) is 0.788. The van der Waals surface area contributed by atoms with Gasteiger partial charge in [0, 0.05) is 33.6 Å². The Kier molecular flexibility index (Phi) is 4.45. The van der Waals surface area contributed by atoms with E-state index in [-0.39, 0.29) is 11.9 Å². The minimum absolute atomic E-state index is 0.131. The zero-order chi connectivity index (χ0) is 12.3. The Bertz CT molecular complexity index is 423. The van der Waals surface area contributed by atoms with Gasteiger partial charge in [0.25, 0.3) is 0 Å². The second kappa shape index (κ2) is 5.87. The van der Waals surface area contributed by atoms with Crippen LogP contribution in [0.3, 0.4) is 0 Å². The van der Waals surface area contributed by atoms with Crippen molar-refractivity contribution >= 4 is 43.5 Å². The second-order valence-electron chi connectivity index (χ2n) is 4.16. The van der Waals surface area contributed by atoms with Crippen LogP contribution in [-0.2, 0) is 4.79 Å². The average molecular weight is 362 g/mol. The number of hydrogen-bond donors (Lipinski definition) is 2. The molecule has 0 bridgehead atoms. The summed E-state index contributed by atoms with van der Waals surface area (Å²) < 4.78 is 2.05. The summed E-state index contributed by atoms with van der Waals surface area (Å²) in [5.41, 5.74) is 1.03. The molecule has 1 heterocycles. The van der Waals surface area contributed by atoms with Crippen LogP contribution in [0.25, 0.3) is 0 Å². The predicted octanol–water partition coefficient (Wildman–Crippen LogP) is 3.29. The van der Waals surface area contributed by atoms with Crippen molar-refractivity contribution in [1.82, 2.24) is 5.32 Å². The number of benzene rings is 1. The molecule has 1 amide bonds. The lowest BCUT2D eigenvalue weighted by Gasteiger charge is -2.18. The predicted molar refractivity (Wildman–Crippen MR) is 76.1 cm³/mol. The van der Waals surface area contributed by atoms with Gasteiger partial charge in [0.2, 0.25) is 5.91 Å². The summed E-state index contributed by atoms with van der Waals surface area (Å²) in [4.78, 5) is 11.5. The maximum absolute atomic E-state index is 11.5. The number of nitrogens with one attached hydrogen (secondary N) is 2. The van der Waals surface area contributed by atoms with Crippen molar-refractivity contribution in [3.8, 4) is 0 Å². The minimum atomic E-state index is 0.131. The summed E-state index contributed by atoms with van der Waals surface area (Å²) in [6, 6.07) is 6.20. The summed E-state index contributed by atoms with van der Waals surface area (Å²) >= 11 is 6.96. The lowest BCUT2D eigenvalue weighted by atomic mass is 10.1. The van der Waals surface area contributed by atoms with Crippen molar-refractivity contribution in [1.29, 1.82) is 0 Å². The first-order valence-electron chi connectivity index (χ1n) is 5.63. The van der Waals surface area contributed by atoms with Crippen LogP contribution in [0.1, 0.15) is 19.3 Å². The van der Waals surface area contributed by atoms with Crippen molar-refractivity contribution in [3.05, 3.63) is 27.1 Å². The maximum Gasteiger partial charge on any atom is 0.222 e. The Balaban J connectivity index is 2.08. The molecule has 1 aromatic rings. The number of anilines is 1. The minimum Gasteiger partial charge on any atom is -0.381 e. The molecule has 1 atom stereocenters. The smallest absolute Gasteiger partial charge is 0.222 e. The molecule has 92 valence electrons. The van der Waals surface area contributed by atoms with Gasteiger partial charge in [-0.3, -0.25) is 4.79 Å². The van der Waals surface area contributed by atoms with Crippen LogP contribution in [0.4, 0.5) is 5.69 Å². The largest absolute Gasteiger partial charge is 0.381 e. The van der Waals surface area contributed by atoms with Crippen LogP contribution in [0.2, 0.25) is 0 Å². The molecule has 17 heavy (non-hydrogen) atoms. The molecule has 0 aliphatic carbocycles. The highest BCUT2D eigenvalue weighted by atomic mass is 79.9. The van der Waals surface area contributed by atoms with E-state index >= 15 is 0 Å². The molecule has 1 aliphatic rings. The zero-order valence-corrected chi connectivity index (χ0v) is 12.5. The van der Waals surface area contributed by atoms with Gasteiger partial charge in [-0.1, -0.05) is 15.9 Å². The van der Waals surface area contributed by atoms with Crippen LogP contribution >= 0.6 is 31.9 Å². The lowest BCUT2D eigenvalue weighted by Crippen LogP contribution is -2.26. The van der Waals surface area contributed by atoms with Crippen LogP contribution in [-0.4, -0.2) is 18.5 Å². The molecule has 0 aromatic heterocycles. The van der Waals surface area contributed by atoms with Gasteiger partial charge in [-0.05, 0) is 47.0 Å². The van der Waals surface area contributed by atoms with Crippen LogP contribution in [0, 0.1) is 0 Å². The van der Waals surface area contributed by atoms with E-state index in [0.717, 1.165) is 34.0 Å². The standard InChI is InChI=1S/C12H14Br2N2O/c13-8-3-4-10(14)11(6-8)16-9-2-1-5-15-12(17)7-9/h3-4,6,9,16H,1-2,5,7H2,(H,15,17). The van der Waals surface area contributed by atoms with Crippen LogP contribution < -0.4 is 10.6 Å². The molecule has 1 aliphatic heterocycles. The normalized spacial score (nSPS) is 20.6. The van der Waals surface area contributed by atoms with Crippen molar-refractivity contribution in [2.24, 2.45) is 0 Å². The van der Waals surface area contributed by atoms with E-state index in [1.807, 2.05) is 18.2 Å². The number of carbonyl (C=O) groups excluding carboxylic acids is 1. The molecule has 1 saturated heterocycles. The fourth-order valence-corrected chi connectivity index (χ4v) is 2.65. The Hall–Kier alpha value is -0.550. The molecular weight excluding hydrogens is 348 g/mol. The number of carbonyl (C=O) groups is 1. The summed E-state index contributed by atoms with van der Waals surface area (Å²) in [5, 5.41) is 6.31. The summed E-state index contributed by atoms with van der Waals surface area (Å²) in [5.74, 6) is 0.131. The van der Waals surface area contributed by atoms with Crippen molar-refractivity contribution in [3.63, 3.8) is 0 Å². The van der Waals surface area contributed by atoms with Gasteiger partial charge in [0.1, 0.15) is 0 Å². The third-order valence-electron chi connectivity index (χ3n) is 2.77. The van der Waals surface area contributed by atoms with Crippen LogP contribution in [0.5, 0.6) is 0 Å². The molecule has 1 fully saturated rings. The van der Waals surface area contributed by atoms with E-state index < -0.39 is 0 Å². The fraction of sp³-hybridized carbons (Fsp3) is 0.417. The van der Waals surface area contributed by atoms with Gasteiger partial charge < -0.3 is 10.6 Å². The zero-order valence-electron chi connectivity index (χ0n) is 9.30. The van der Waals surface area contributed by atoms with Crippen molar-refractivity contribution in [2.45, 2.75) is 25.3 Å². The molecule has 2 N–H and O–H groups in total. The second-order valence-corrected chi connectivity index (χ2v) is 5.93. The highest BCUT2D eigenvalue weighted by molar-refractivity contribution is 9.11. The van der Waals surface area contributed by atoms with E-state index in [2.05, 4.69) is 42.5 Å². The Labute approximate surface area is 118 Å². The summed E-state index contributed by atoms with van der Waals surface area (Å²) in [7, 11) is 0. The Morgan fingerprint density at radius 1 is 1.35 bits per heavy atom. The third-order valence-corrected chi connectivity index (χ3v) is 3.96. The topological polar surface area (TPSA) is 41.1 Å². The molecule has 1 aromatic carbocycles. The lowest BCUT2D eigenvalue weighted by molar-refractivity contribution is -0.120. The molecular formula is C12H14Br2N2O. The van der Waals surface area contributed by atoms with Gasteiger partial charge in [-0.25, -0.2) is 0 Å². The molecule has 0 spiro atoms. The van der Waals surface area contributed by atoms with E-state index in [1.54, 1.807) is 0 Å². The third kappa shape index (κ3) is 3.71. The molecule has 2 rings (SSSR count). The Morgan fingerprint density at radius 2 is 2.18 bits per heavy atom. The van der Waals surface area contributed by atoms with Gasteiger partial charge in [-0.2, -0.15) is 0 Å². The van der Waals surface area contributed by atoms with Gasteiger partial charge in [-0.15, -0.1) is 0 Å². The van der Waals surface area contributed by atoms with E-state index in [1.165, 1.54) is 0 Å². The highest BCUT2D eigenvalue weighted by Gasteiger charge is 2.17. The van der Waals surface area contributed by atoms with Crippen molar-refractivity contribution < 1.29 is 4.79 Å². The Morgan fingerprint density at radius 3 is 3.00 bits per heavy atom. The maximum atomic E-state index is 11.5. The van der Waals surface area contributed by atoms with Crippen LogP contribution in [0.15, 0.2) is 27.1 Å². The van der Waals surface area contributed by atoms with Crippen molar-refractivity contribution in [2.75, 3.05) is 11.9 Å². The average Bonchev–Trinajstić information content (AvgIpc) is 2.48. The highest BCUT2D eigenvalue weighted by Crippen LogP contribution is 2.27.